The van der Waals surface area contributed by atoms with Gasteiger partial charge in [-0.25, -0.2) is 4.79 Å². The molecule has 132 valence electrons. The molecule has 3 rings (SSSR count). The first kappa shape index (κ1) is 17.8. The van der Waals surface area contributed by atoms with Crippen LogP contribution < -0.4 is 16.0 Å². The van der Waals surface area contributed by atoms with Crippen LogP contribution in [0, 0.1) is 5.92 Å². The molecule has 1 aliphatic rings. The Morgan fingerprint density at radius 3 is 2.68 bits per heavy atom. The van der Waals surface area contributed by atoms with E-state index >= 15 is 0 Å². The van der Waals surface area contributed by atoms with Gasteiger partial charge in [0.05, 0.1) is 0 Å². The number of benzene rings is 2. The third-order valence-electron chi connectivity index (χ3n) is 4.58. The van der Waals surface area contributed by atoms with E-state index in [2.05, 4.69) is 46.3 Å². The topological polar surface area (TPSA) is 53.2 Å². The molecule has 3 N–H and O–H groups in total. The quantitative estimate of drug-likeness (QED) is 0.755. The second-order valence-corrected chi connectivity index (χ2v) is 7.02. The number of amides is 2. The first-order chi connectivity index (χ1) is 12.2. The number of piperidine rings is 1. The zero-order chi connectivity index (χ0) is 17.5. The Labute approximate surface area is 154 Å². The fourth-order valence-corrected chi connectivity index (χ4v) is 3.42. The highest BCUT2D eigenvalue weighted by atomic mass is 35.5. The summed E-state index contributed by atoms with van der Waals surface area (Å²) in [5.74, 6) is 0.666. The van der Waals surface area contributed by atoms with Crippen LogP contribution in [0.4, 0.5) is 10.5 Å². The molecule has 2 aromatic carbocycles. The van der Waals surface area contributed by atoms with Crippen LogP contribution in [0.15, 0.2) is 54.6 Å². The molecule has 5 heteroatoms. The number of hydrogen-bond donors (Lipinski definition) is 3. The summed E-state index contributed by atoms with van der Waals surface area (Å²) >= 11 is 5.92. The third-order valence-corrected chi connectivity index (χ3v) is 4.81. The molecule has 2 amide bonds. The molecular formula is C20H24ClN3O. The van der Waals surface area contributed by atoms with Crippen molar-refractivity contribution in [3.05, 3.63) is 65.2 Å². The van der Waals surface area contributed by atoms with E-state index in [4.69, 9.17) is 11.6 Å². The van der Waals surface area contributed by atoms with Crippen molar-refractivity contribution in [1.29, 1.82) is 0 Å². The van der Waals surface area contributed by atoms with Gasteiger partial charge in [-0.1, -0.05) is 48.0 Å². The number of hydrogen-bond acceptors (Lipinski definition) is 2. The van der Waals surface area contributed by atoms with Gasteiger partial charge in [0.25, 0.3) is 0 Å². The summed E-state index contributed by atoms with van der Waals surface area (Å²) in [5, 5.41) is 9.89. The minimum Gasteiger partial charge on any atom is -0.336 e. The molecule has 0 saturated carbocycles. The van der Waals surface area contributed by atoms with E-state index in [9.17, 15) is 4.79 Å². The Balaban J connectivity index is 1.37. The molecule has 25 heavy (non-hydrogen) atoms. The largest absolute Gasteiger partial charge is 0.336 e. The number of nitrogens with one attached hydrogen (secondary N) is 3. The fraction of sp³-hybridized carbons (Fsp3) is 0.350. The van der Waals surface area contributed by atoms with Gasteiger partial charge in [-0.05, 0) is 55.5 Å². The summed E-state index contributed by atoms with van der Waals surface area (Å²) in [6.07, 6.45) is 3.38. The standard InChI is InChI=1S/C20H24ClN3O/c21-17-7-4-8-18(12-17)24-20(25)23-14-19-10-9-16(13-22-19)11-15-5-2-1-3-6-15/h1-8,12,16,19,22H,9-11,13-14H2,(H2,23,24,25)/t16-,19-/m1/s1. The van der Waals surface area contributed by atoms with Crippen molar-refractivity contribution in [2.45, 2.75) is 25.3 Å². The lowest BCUT2D eigenvalue weighted by Gasteiger charge is -2.30. The van der Waals surface area contributed by atoms with Gasteiger partial charge in [0.15, 0.2) is 0 Å². The van der Waals surface area contributed by atoms with Crippen LogP contribution in [0.3, 0.4) is 0 Å². The summed E-state index contributed by atoms with van der Waals surface area (Å²) in [5.41, 5.74) is 2.09. The van der Waals surface area contributed by atoms with Gasteiger partial charge in [-0.3, -0.25) is 0 Å². The smallest absolute Gasteiger partial charge is 0.319 e. The Morgan fingerprint density at radius 2 is 1.96 bits per heavy atom. The first-order valence-electron chi connectivity index (χ1n) is 8.77. The Kier molecular flexibility index (Phi) is 6.31. The van der Waals surface area contributed by atoms with E-state index in [1.165, 1.54) is 12.0 Å². The average molecular weight is 358 g/mol. The predicted octanol–water partition coefficient (Wildman–Crippen LogP) is 4.07. The average Bonchev–Trinajstić information content (AvgIpc) is 2.62. The van der Waals surface area contributed by atoms with Crippen LogP contribution in [0.1, 0.15) is 18.4 Å². The SMILES string of the molecule is O=C(NC[C@H]1CC[C@H](Cc2ccccc2)CN1)Nc1cccc(Cl)c1. The van der Waals surface area contributed by atoms with Crippen molar-refractivity contribution in [2.75, 3.05) is 18.4 Å². The van der Waals surface area contributed by atoms with Gasteiger partial charge in [0.2, 0.25) is 0 Å². The van der Waals surface area contributed by atoms with Crippen molar-refractivity contribution >= 4 is 23.3 Å². The van der Waals surface area contributed by atoms with Crippen molar-refractivity contribution in [3.8, 4) is 0 Å². The number of anilines is 1. The van der Waals surface area contributed by atoms with E-state index < -0.39 is 0 Å². The third kappa shape index (κ3) is 5.76. The van der Waals surface area contributed by atoms with Gasteiger partial charge in [0.1, 0.15) is 0 Å². The van der Waals surface area contributed by atoms with Crippen LogP contribution in [0.2, 0.25) is 5.02 Å². The molecule has 4 nitrogen and oxygen atoms in total. The van der Waals surface area contributed by atoms with Gasteiger partial charge < -0.3 is 16.0 Å². The molecule has 0 spiro atoms. The van der Waals surface area contributed by atoms with Crippen molar-refractivity contribution in [3.63, 3.8) is 0 Å². The second-order valence-electron chi connectivity index (χ2n) is 6.58. The highest BCUT2D eigenvalue weighted by molar-refractivity contribution is 6.30. The zero-order valence-electron chi connectivity index (χ0n) is 14.2. The molecule has 0 unspecified atom stereocenters. The maximum atomic E-state index is 12.0. The molecule has 1 aliphatic heterocycles. The minimum absolute atomic E-state index is 0.199. The number of carbonyl (C=O) groups is 1. The molecule has 0 aromatic heterocycles. The monoisotopic (exact) mass is 357 g/mol. The van der Waals surface area contributed by atoms with Crippen molar-refractivity contribution < 1.29 is 4.79 Å². The Hall–Kier alpha value is -2.04. The lowest BCUT2D eigenvalue weighted by Crippen LogP contribution is -2.47. The van der Waals surface area contributed by atoms with Crippen LogP contribution in [0.25, 0.3) is 0 Å². The Bertz CT molecular complexity index is 684. The molecule has 1 heterocycles. The van der Waals surface area contributed by atoms with E-state index in [1.807, 2.05) is 12.1 Å². The highest BCUT2D eigenvalue weighted by Gasteiger charge is 2.21. The van der Waals surface area contributed by atoms with Gasteiger partial charge in [-0.2, -0.15) is 0 Å². The highest BCUT2D eigenvalue weighted by Crippen LogP contribution is 2.19. The molecule has 0 bridgehead atoms. The van der Waals surface area contributed by atoms with Crippen molar-refractivity contribution in [2.24, 2.45) is 5.92 Å². The van der Waals surface area contributed by atoms with Gasteiger partial charge in [-0.15, -0.1) is 0 Å². The predicted molar refractivity (Wildman–Crippen MR) is 103 cm³/mol. The lowest BCUT2D eigenvalue weighted by molar-refractivity contribution is 0.247. The number of halogens is 1. The summed E-state index contributed by atoms with van der Waals surface area (Å²) < 4.78 is 0. The summed E-state index contributed by atoms with van der Waals surface area (Å²) in [6, 6.07) is 17.9. The lowest BCUT2D eigenvalue weighted by atomic mass is 9.89. The van der Waals surface area contributed by atoms with E-state index in [0.29, 0.717) is 29.2 Å². The molecule has 1 saturated heterocycles. The van der Waals surface area contributed by atoms with E-state index in [-0.39, 0.29) is 6.03 Å². The van der Waals surface area contributed by atoms with Gasteiger partial charge in [0, 0.05) is 23.3 Å². The van der Waals surface area contributed by atoms with Gasteiger partial charge >= 0.3 is 6.03 Å². The molecule has 1 fully saturated rings. The minimum atomic E-state index is -0.199. The fourth-order valence-electron chi connectivity index (χ4n) is 3.23. The molecule has 0 aliphatic carbocycles. The maximum Gasteiger partial charge on any atom is 0.319 e. The number of rotatable bonds is 5. The summed E-state index contributed by atoms with van der Waals surface area (Å²) in [6.45, 7) is 1.63. The maximum absolute atomic E-state index is 12.0. The first-order valence-corrected chi connectivity index (χ1v) is 9.14. The molecule has 2 aromatic rings. The van der Waals surface area contributed by atoms with Crippen LogP contribution in [0.5, 0.6) is 0 Å². The van der Waals surface area contributed by atoms with Crippen LogP contribution in [-0.2, 0) is 6.42 Å². The summed E-state index contributed by atoms with van der Waals surface area (Å²) in [7, 11) is 0. The number of carbonyl (C=O) groups excluding carboxylic acids is 1. The second kappa shape index (κ2) is 8.88. The van der Waals surface area contributed by atoms with Crippen LogP contribution >= 0.6 is 11.6 Å². The van der Waals surface area contributed by atoms with E-state index in [1.54, 1.807) is 12.1 Å². The molecule has 2 atom stereocenters. The molecular weight excluding hydrogens is 334 g/mol. The zero-order valence-corrected chi connectivity index (χ0v) is 14.9. The van der Waals surface area contributed by atoms with Crippen LogP contribution in [-0.4, -0.2) is 25.2 Å². The van der Waals surface area contributed by atoms with E-state index in [0.717, 1.165) is 19.4 Å². The summed E-state index contributed by atoms with van der Waals surface area (Å²) in [4.78, 5) is 12.0. The Morgan fingerprint density at radius 1 is 1.12 bits per heavy atom. The number of urea groups is 1. The van der Waals surface area contributed by atoms with Crippen molar-refractivity contribution in [1.82, 2.24) is 10.6 Å². The normalized spacial score (nSPS) is 20.0. The molecule has 0 radical (unpaired) electrons.